The maximum absolute atomic E-state index is 12.0. The maximum atomic E-state index is 12.0. The number of imidazole rings is 1. The van der Waals surface area contributed by atoms with Gasteiger partial charge >= 0.3 is 0 Å². The van der Waals surface area contributed by atoms with Gasteiger partial charge in [0, 0.05) is 25.2 Å². The van der Waals surface area contributed by atoms with Gasteiger partial charge in [0.2, 0.25) is 11.8 Å². The van der Waals surface area contributed by atoms with E-state index in [2.05, 4.69) is 25.4 Å². The predicted octanol–water partition coefficient (Wildman–Crippen LogP) is 2.23. The summed E-state index contributed by atoms with van der Waals surface area (Å²) < 4.78 is 6.89. The third-order valence-corrected chi connectivity index (χ3v) is 3.47. The molecule has 0 atom stereocenters. The van der Waals surface area contributed by atoms with Gasteiger partial charge in [-0.05, 0) is 32.4 Å². The van der Waals surface area contributed by atoms with Crippen LogP contribution in [0.15, 0.2) is 35.2 Å². The van der Waals surface area contributed by atoms with Crippen LogP contribution < -0.4 is 5.32 Å². The maximum Gasteiger partial charge on any atom is 0.226 e. The van der Waals surface area contributed by atoms with Crippen molar-refractivity contribution in [3.63, 3.8) is 0 Å². The van der Waals surface area contributed by atoms with Crippen molar-refractivity contribution < 1.29 is 9.32 Å². The number of carbonyl (C=O) groups is 1. The molecule has 3 aromatic rings. The smallest absolute Gasteiger partial charge is 0.226 e. The van der Waals surface area contributed by atoms with Crippen LogP contribution in [0.1, 0.15) is 30.4 Å². The summed E-state index contributed by atoms with van der Waals surface area (Å²) in [7, 11) is 0. The van der Waals surface area contributed by atoms with Gasteiger partial charge in [0.05, 0.1) is 11.9 Å². The first-order valence-electron chi connectivity index (χ1n) is 7.67. The van der Waals surface area contributed by atoms with Crippen LogP contribution in [0.4, 0.5) is 5.69 Å². The molecule has 0 unspecified atom stereocenters. The van der Waals surface area contributed by atoms with Crippen LogP contribution >= 0.6 is 0 Å². The molecule has 124 valence electrons. The third kappa shape index (κ3) is 3.83. The van der Waals surface area contributed by atoms with Gasteiger partial charge in [-0.3, -0.25) is 9.36 Å². The fraction of sp³-hybridized carbons (Fsp3) is 0.312. The van der Waals surface area contributed by atoms with Crippen LogP contribution in [-0.2, 0) is 11.2 Å². The van der Waals surface area contributed by atoms with E-state index in [1.54, 1.807) is 19.3 Å². The number of nitrogens with one attached hydrogen (secondary N) is 1. The molecule has 0 saturated heterocycles. The molecule has 8 nitrogen and oxygen atoms in total. The van der Waals surface area contributed by atoms with Crippen LogP contribution in [0.5, 0.6) is 0 Å². The number of amides is 1. The summed E-state index contributed by atoms with van der Waals surface area (Å²) in [5.41, 5.74) is 0.662. The second-order valence-corrected chi connectivity index (χ2v) is 5.39. The highest BCUT2D eigenvalue weighted by atomic mass is 16.5. The number of hydrogen-bond donors (Lipinski definition) is 1. The molecule has 3 aromatic heterocycles. The van der Waals surface area contributed by atoms with Gasteiger partial charge in [-0.25, -0.2) is 9.97 Å². The Kier molecular flexibility index (Phi) is 4.64. The highest BCUT2D eigenvalue weighted by Crippen LogP contribution is 2.12. The molecular formula is C16H18N6O2. The number of rotatable bonds is 6. The minimum Gasteiger partial charge on any atom is -0.339 e. The average Bonchev–Trinajstić information content (AvgIpc) is 3.17. The van der Waals surface area contributed by atoms with E-state index in [9.17, 15) is 4.79 Å². The first kappa shape index (κ1) is 15.9. The minimum atomic E-state index is -0.0698. The third-order valence-electron chi connectivity index (χ3n) is 3.47. The average molecular weight is 326 g/mol. The SMILES string of the molecule is Cc1noc(CCCC(=O)Nc2ccc(-n3ccnc3C)nc2)n1. The lowest BCUT2D eigenvalue weighted by molar-refractivity contribution is -0.116. The summed E-state index contributed by atoms with van der Waals surface area (Å²) in [6.45, 7) is 3.67. The second-order valence-electron chi connectivity index (χ2n) is 5.39. The lowest BCUT2D eigenvalue weighted by Gasteiger charge is -2.07. The zero-order chi connectivity index (χ0) is 16.9. The Bertz CT molecular complexity index is 821. The zero-order valence-corrected chi connectivity index (χ0v) is 13.6. The molecule has 8 heteroatoms. The first-order chi connectivity index (χ1) is 11.6. The van der Waals surface area contributed by atoms with Crippen LogP contribution in [0.2, 0.25) is 0 Å². The van der Waals surface area contributed by atoms with Gasteiger partial charge in [-0.15, -0.1) is 0 Å². The lowest BCUT2D eigenvalue weighted by Crippen LogP contribution is -2.12. The fourth-order valence-electron chi connectivity index (χ4n) is 2.29. The molecule has 0 bridgehead atoms. The predicted molar refractivity (Wildman–Crippen MR) is 86.7 cm³/mol. The van der Waals surface area contributed by atoms with Gasteiger partial charge < -0.3 is 9.84 Å². The number of aryl methyl sites for hydroxylation is 3. The standard InChI is InChI=1S/C16H18N6O2/c1-11-19-16(24-21-11)5-3-4-15(23)20-13-6-7-14(18-10-13)22-9-8-17-12(22)2/h6-10H,3-5H2,1-2H3,(H,20,23). The lowest BCUT2D eigenvalue weighted by atomic mass is 10.2. The van der Waals surface area contributed by atoms with Crippen molar-refractivity contribution >= 4 is 11.6 Å². The van der Waals surface area contributed by atoms with E-state index in [1.807, 2.05) is 29.8 Å². The summed E-state index contributed by atoms with van der Waals surface area (Å²) in [4.78, 5) is 24.6. The Balaban J connectivity index is 1.50. The molecule has 1 amide bonds. The fourth-order valence-corrected chi connectivity index (χ4v) is 2.29. The largest absolute Gasteiger partial charge is 0.339 e. The molecule has 0 spiro atoms. The molecule has 0 saturated carbocycles. The van der Waals surface area contributed by atoms with Crippen LogP contribution in [0, 0.1) is 13.8 Å². The van der Waals surface area contributed by atoms with Crippen LogP contribution in [0.25, 0.3) is 5.82 Å². The van der Waals surface area contributed by atoms with Crippen molar-refractivity contribution in [2.45, 2.75) is 33.1 Å². The molecule has 0 aliphatic heterocycles. The van der Waals surface area contributed by atoms with E-state index in [-0.39, 0.29) is 5.91 Å². The Morgan fingerprint density at radius 3 is 2.79 bits per heavy atom. The summed E-state index contributed by atoms with van der Waals surface area (Å²) in [5.74, 6) is 2.71. The number of nitrogens with zero attached hydrogens (tertiary/aromatic N) is 5. The summed E-state index contributed by atoms with van der Waals surface area (Å²) in [5, 5.41) is 6.54. The van der Waals surface area contributed by atoms with Gasteiger partial charge in [-0.1, -0.05) is 5.16 Å². The quantitative estimate of drug-likeness (QED) is 0.746. The molecule has 1 N–H and O–H groups in total. The van der Waals surface area contributed by atoms with E-state index < -0.39 is 0 Å². The number of carbonyl (C=O) groups excluding carboxylic acids is 1. The molecule has 3 rings (SSSR count). The van der Waals surface area contributed by atoms with Crippen molar-refractivity contribution in [2.24, 2.45) is 0 Å². The number of aromatic nitrogens is 5. The highest BCUT2D eigenvalue weighted by molar-refractivity contribution is 5.90. The van der Waals surface area contributed by atoms with Crippen molar-refractivity contribution in [3.05, 3.63) is 48.3 Å². The van der Waals surface area contributed by atoms with Gasteiger partial charge in [0.1, 0.15) is 11.6 Å². The van der Waals surface area contributed by atoms with E-state index >= 15 is 0 Å². The molecule has 0 aliphatic rings. The number of pyridine rings is 1. The van der Waals surface area contributed by atoms with Crippen molar-refractivity contribution in [2.75, 3.05) is 5.32 Å². The van der Waals surface area contributed by atoms with Gasteiger partial charge in [0.15, 0.2) is 5.82 Å². The second kappa shape index (κ2) is 7.03. The molecular weight excluding hydrogens is 308 g/mol. The monoisotopic (exact) mass is 326 g/mol. The molecule has 0 aliphatic carbocycles. The first-order valence-corrected chi connectivity index (χ1v) is 7.67. The minimum absolute atomic E-state index is 0.0698. The Morgan fingerprint density at radius 2 is 2.17 bits per heavy atom. The van der Waals surface area contributed by atoms with Crippen molar-refractivity contribution in [3.8, 4) is 5.82 Å². The summed E-state index contributed by atoms with van der Waals surface area (Å²) in [6, 6.07) is 3.66. The Labute approximate surface area is 138 Å². The summed E-state index contributed by atoms with van der Waals surface area (Å²) in [6.07, 6.45) is 6.81. The van der Waals surface area contributed by atoms with Crippen LogP contribution in [-0.4, -0.2) is 30.6 Å². The topological polar surface area (TPSA) is 98.7 Å². The number of hydrogen-bond acceptors (Lipinski definition) is 6. The molecule has 0 fully saturated rings. The van der Waals surface area contributed by atoms with E-state index in [1.165, 1.54) is 0 Å². The van der Waals surface area contributed by atoms with Crippen molar-refractivity contribution in [1.82, 2.24) is 24.7 Å². The Hall–Kier alpha value is -3.03. The van der Waals surface area contributed by atoms with Gasteiger partial charge in [0.25, 0.3) is 0 Å². The van der Waals surface area contributed by atoms with Crippen LogP contribution in [0.3, 0.4) is 0 Å². The molecule has 24 heavy (non-hydrogen) atoms. The Morgan fingerprint density at radius 1 is 1.29 bits per heavy atom. The molecule has 0 radical (unpaired) electrons. The van der Waals surface area contributed by atoms with Gasteiger partial charge in [-0.2, -0.15) is 4.98 Å². The number of anilines is 1. The molecule has 0 aromatic carbocycles. The van der Waals surface area contributed by atoms with E-state index in [0.29, 0.717) is 36.7 Å². The highest BCUT2D eigenvalue weighted by Gasteiger charge is 2.07. The normalized spacial score (nSPS) is 10.8. The summed E-state index contributed by atoms with van der Waals surface area (Å²) >= 11 is 0. The van der Waals surface area contributed by atoms with E-state index in [4.69, 9.17) is 4.52 Å². The molecule has 3 heterocycles. The zero-order valence-electron chi connectivity index (χ0n) is 13.6. The van der Waals surface area contributed by atoms with Crippen molar-refractivity contribution in [1.29, 1.82) is 0 Å². The van der Waals surface area contributed by atoms with E-state index in [0.717, 1.165) is 11.6 Å².